The van der Waals surface area contributed by atoms with Crippen LogP contribution in [0.3, 0.4) is 0 Å². The molecule has 2 aromatic rings. The number of hydrogen-bond donors (Lipinski definition) is 0. The molecule has 8 nitrogen and oxygen atoms in total. The van der Waals surface area contributed by atoms with Gasteiger partial charge in [-0.1, -0.05) is 19.0 Å². The third-order valence-corrected chi connectivity index (χ3v) is 4.50. The lowest BCUT2D eigenvalue weighted by Crippen LogP contribution is -2.44. The Morgan fingerprint density at radius 3 is 2.88 bits per heavy atom. The van der Waals surface area contributed by atoms with Gasteiger partial charge in [0.2, 0.25) is 6.39 Å². The maximum absolute atomic E-state index is 13.0. The van der Waals surface area contributed by atoms with E-state index in [1.54, 1.807) is 4.90 Å². The highest BCUT2D eigenvalue weighted by molar-refractivity contribution is 5.92. The molecule has 1 aliphatic heterocycles. The summed E-state index contributed by atoms with van der Waals surface area (Å²) >= 11 is 0. The van der Waals surface area contributed by atoms with E-state index in [1.165, 1.54) is 6.39 Å². The van der Waals surface area contributed by atoms with Crippen molar-refractivity contribution in [2.45, 2.75) is 45.7 Å². The molecule has 0 saturated carbocycles. The van der Waals surface area contributed by atoms with E-state index < -0.39 is 0 Å². The fourth-order valence-corrected chi connectivity index (χ4v) is 3.13. The molecule has 2 aromatic heterocycles. The van der Waals surface area contributed by atoms with Gasteiger partial charge in [0.05, 0.1) is 19.3 Å². The van der Waals surface area contributed by atoms with Crippen LogP contribution in [-0.2, 0) is 4.74 Å². The first-order valence-corrected chi connectivity index (χ1v) is 8.36. The van der Waals surface area contributed by atoms with Gasteiger partial charge in [0.15, 0.2) is 11.5 Å². The van der Waals surface area contributed by atoms with Crippen molar-refractivity contribution < 1.29 is 14.1 Å². The number of rotatable bonds is 5. The highest BCUT2D eigenvalue weighted by atomic mass is 16.5. The summed E-state index contributed by atoms with van der Waals surface area (Å²) in [5.74, 6) is 0.333. The van der Waals surface area contributed by atoms with Crippen LogP contribution >= 0.6 is 0 Å². The van der Waals surface area contributed by atoms with Crippen molar-refractivity contribution >= 4 is 5.91 Å². The number of morpholine rings is 1. The standard InChI is InChI=1S/C16H23N5O3/c1-4-12(5-2)21-11(3)8-13(18-21)16(22)20-6-7-23-9-14(20)15-17-10-24-19-15/h8,10,12,14H,4-7,9H2,1-3H3/t14-/m0/s1. The molecule has 130 valence electrons. The fourth-order valence-electron chi connectivity index (χ4n) is 3.13. The average molecular weight is 333 g/mol. The molecule has 0 spiro atoms. The molecule has 3 rings (SSSR count). The van der Waals surface area contributed by atoms with Gasteiger partial charge in [-0.15, -0.1) is 0 Å². The van der Waals surface area contributed by atoms with Crippen LogP contribution in [-0.4, -0.2) is 50.5 Å². The predicted molar refractivity (Wildman–Crippen MR) is 85.5 cm³/mol. The Morgan fingerprint density at radius 1 is 1.42 bits per heavy atom. The Morgan fingerprint density at radius 2 is 2.21 bits per heavy atom. The maximum Gasteiger partial charge on any atom is 0.275 e. The molecule has 0 N–H and O–H groups in total. The van der Waals surface area contributed by atoms with Gasteiger partial charge >= 0.3 is 0 Å². The lowest BCUT2D eigenvalue weighted by molar-refractivity contribution is -0.00612. The smallest absolute Gasteiger partial charge is 0.275 e. The van der Waals surface area contributed by atoms with Crippen LogP contribution in [0.25, 0.3) is 0 Å². The first kappa shape index (κ1) is 16.6. The Labute approximate surface area is 140 Å². The van der Waals surface area contributed by atoms with Gasteiger partial charge in [0.1, 0.15) is 6.04 Å². The minimum Gasteiger partial charge on any atom is -0.377 e. The van der Waals surface area contributed by atoms with E-state index in [1.807, 2.05) is 17.7 Å². The molecule has 8 heteroatoms. The number of aromatic nitrogens is 4. The maximum atomic E-state index is 13.0. The van der Waals surface area contributed by atoms with Crippen molar-refractivity contribution in [3.63, 3.8) is 0 Å². The molecule has 0 bridgehead atoms. The summed E-state index contributed by atoms with van der Waals surface area (Å²) in [4.78, 5) is 18.8. The molecule has 0 aliphatic carbocycles. The quantitative estimate of drug-likeness (QED) is 0.833. The largest absolute Gasteiger partial charge is 0.377 e. The summed E-state index contributed by atoms with van der Waals surface area (Å²) in [6.07, 6.45) is 3.23. The molecule has 0 unspecified atom stereocenters. The molecule has 0 aromatic carbocycles. The summed E-state index contributed by atoms with van der Waals surface area (Å²) in [6.45, 7) is 7.58. The minimum absolute atomic E-state index is 0.124. The number of amides is 1. The molecule has 24 heavy (non-hydrogen) atoms. The topological polar surface area (TPSA) is 86.3 Å². The molecule has 1 fully saturated rings. The molecule has 1 saturated heterocycles. The summed E-state index contributed by atoms with van der Waals surface area (Å²) < 4.78 is 12.2. The number of ether oxygens (including phenoxy) is 1. The van der Waals surface area contributed by atoms with Gasteiger partial charge in [0.25, 0.3) is 5.91 Å². The zero-order valence-electron chi connectivity index (χ0n) is 14.3. The first-order chi connectivity index (χ1) is 11.7. The molecular weight excluding hydrogens is 310 g/mol. The summed E-state index contributed by atoms with van der Waals surface area (Å²) in [5, 5.41) is 8.42. The number of aryl methyl sites for hydroxylation is 1. The van der Waals surface area contributed by atoms with Crippen molar-refractivity contribution in [1.82, 2.24) is 24.8 Å². The zero-order valence-corrected chi connectivity index (χ0v) is 14.3. The van der Waals surface area contributed by atoms with Crippen LogP contribution in [0.2, 0.25) is 0 Å². The first-order valence-electron chi connectivity index (χ1n) is 8.36. The number of hydrogen-bond acceptors (Lipinski definition) is 6. The molecule has 1 amide bonds. The highest BCUT2D eigenvalue weighted by Crippen LogP contribution is 2.24. The van der Waals surface area contributed by atoms with Crippen LogP contribution < -0.4 is 0 Å². The van der Waals surface area contributed by atoms with E-state index in [2.05, 4.69) is 29.1 Å². The monoisotopic (exact) mass is 333 g/mol. The van der Waals surface area contributed by atoms with Crippen LogP contribution in [0.4, 0.5) is 0 Å². The second kappa shape index (κ2) is 7.12. The fraction of sp³-hybridized carbons (Fsp3) is 0.625. The lowest BCUT2D eigenvalue weighted by Gasteiger charge is -2.33. The average Bonchev–Trinajstić information content (AvgIpc) is 3.26. The summed E-state index contributed by atoms with van der Waals surface area (Å²) in [7, 11) is 0. The van der Waals surface area contributed by atoms with Gasteiger partial charge in [-0.2, -0.15) is 10.1 Å². The third-order valence-electron chi connectivity index (χ3n) is 4.50. The second-order valence-corrected chi connectivity index (χ2v) is 5.96. The van der Waals surface area contributed by atoms with Crippen molar-refractivity contribution in [2.24, 2.45) is 0 Å². The molecular formula is C16H23N5O3. The van der Waals surface area contributed by atoms with Crippen LogP contribution in [0.5, 0.6) is 0 Å². The Kier molecular flexibility index (Phi) is 4.94. The predicted octanol–water partition coefficient (Wildman–Crippen LogP) is 2.15. The van der Waals surface area contributed by atoms with Crippen LogP contribution in [0.15, 0.2) is 17.0 Å². The van der Waals surface area contributed by atoms with Crippen molar-refractivity contribution in [1.29, 1.82) is 0 Å². The van der Waals surface area contributed by atoms with Gasteiger partial charge < -0.3 is 14.2 Å². The summed E-state index contributed by atoms with van der Waals surface area (Å²) in [5.41, 5.74) is 1.45. The van der Waals surface area contributed by atoms with Crippen molar-refractivity contribution in [2.75, 3.05) is 19.8 Å². The number of carbonyl (C=O) groups excluding carboxylic acids is 1. The third kappa shape index (κ3) is 3.06. The van der Waals surface area contributed by atoms with Gasteiger partial charge in [-0.25, -0.2) is 0 Å². The highest BCUT2D eigenvalue weighted by Gasteiger charge is 2.33. The Balaban J connectivity index is 1.86. The number of nitrogens with zero attached hydrogens (tertiary/aromatic N) is 5. The second-order valence-electron chi connectivity index (χ2n) is 5.96. The van der Waals surface area contributed by atoms with E-state index >= 15 is 0 Å². The Hall–Kier alpha value is -2.22. The molecule has 1 aliphatic rings. The molecule has 3 heterocycles. The van der Waals surface area contributed by atoms with E-state index in [-0.39, 0.29) is 11.9 Å². The van der Waals surface area contributed by atoms with E-state index in [0.29, 0.717) is 37.3 Å². The SMILES string of the molecule is CCC(CC)n1nc(C(=O)N2CCOC[C@H]2c2ncon2)cc1C. The van der Waals surface area contributed by atoms with Gasteiger partial charge in [-0.05, 0) is 25.8 Å². The molecule has 0 radical (unpaired) electrons. The normalized spacial score (nSPS) is 18.3. The van der Waals surface area contributed by atoms with Crippen LogP contribution in [0, 0.1) is 6.92 Å². The van der Waals surface area contributed by atoms with E-state index in [4.69, 9.17) is 9.26 Å². The lowest BCUT2D eigenvalue weighted by atomic mass is 10.2. The van der Waals surface area contributed by atoms with Crippen molar-refractivity contribution in [3.8, 4) is 0 Å². The van der Waals surface area contributed by atoms with Gasteiger partial charge in [0, 0.05) is 12.2 Å². The Bertz CT molecular complexity index is 678. The number of carbonyl (C=O) groups is 1. The van der Waals surface area contributed by atoms with Crippen molar-refractivity contribution in [3.05, 3.63) is 29.7 Å². The summed E-state index contributed by atoms with van der Waals surface area (Å²) in [6, 6.07) is 1.82. The van der Waals surface area contributed by atoms with Gasteiger partial charge in [-0.3, -0.25) is 9.48 Å². The van der Waals surface area contributed by atoms with Crippen LogP contribution in [0.1, 0.15) is 60.8 Å². The van der Waals surface area contributed by atoms with E-state index in [9.17, 15) is 4.79 Å². The van der Waals surface area contributed by atoms with E-state index in [0.717, 1.165) is 18.5 Å². The minimum atomic E-state index is -0.344. The zero-order chi connectivity index (χ0) is 17.1. The molecule has 1 atom stereocenters.